The number of aromatic nitrogens is 1. The highest BCUT2D eigenvalue weighted by Gasteiger charge is 2.43. The Kier molecular flexibility index (Phi) is 7.37. The lowest BCUT2D eigenvalue weighted by molar-refractivity contribution is 0.0919. The van der Waals surface area contributed by atoms with E-state index in [1.807, 2.05) is 61.5 Å². The molecule has 5 heteroatoms. The molecule has 2 bridgehead atoms. The van der Waals surface area contributed by atoms with Gasteiger partial charge in [0.15, 0.2) is 5.78 Å². The average molecular weight is 558 g/mol. The molecule has 42 heavy (non-hydrogen) atoms. The Morgan fingerprint density at radius 1 is 0.857 bits per heavy atom. The minimum Gasteiger partial charge on any atom is -0.349 e. The van der Waals surface area contributed by atoms with Gasteiger partial charge in [-0.05, 0) is 105 Å². The molecule has 1 amide bonds. The van der Waals surface area contributed by atoms with Crippen LogP contribution in [0.15, 0.2) is 79.0 Å². The van der Waals surface area contributed by atoms with Gasteiger partial charge in [-0.1, -0.05) is 54.6 Å². The molecule has 3 aliphatic rings. The zero-order valence-corrected chi connectivity index (χ0v) is 24.4. The van der Waals surface area contributed by atoms with Gasteiger partial charge in [-0.3, -0.25) is 19.5 Å². The van der Waals surface area contributed by atoms with E-state index in [1.165, 1.54) is 30.4 Å². The fraction of sp³-hybridized carbons (Fsp3) is 0.378. The molecule has 5 nitrogen and oxygen atoms in total. The van der Waals surface area contributed by atoms with Crippen LogP contribution in [-0.4, -0.2) is 34.2 Å². The van der Waals surface area contributed by atoms with Crippen molar-refractivity contribution >= 4 is 22.6 Å². The number of fused-ring (bicyclic) bond motifs is 6. The van der Waals surface area contributed by atoms with E-state index in [4.69, 9.17) is 0 Å². The first-order valence-corrected chi connectivity index (χ1v) is 15.7. The fourth-order valence-electron chi connectivity index (χ4n) is 7.77. The third-order valence-corrected chi connectivity index (χ3v) is 10.0. The molecule has 1 N–H and O–H groups in total. The molecule has 1 saturated heterocycles. The minimum atomic E-state index is 0.0180. The zero-order chi connectivity index (χ0) is 28.6. The van der Waals surface area contributed by atoms with Crippen LogP contribution in [0.3, 0.4) is 0 Å². The van der Waals surface area contributed by atoms with E-state index in [-0.39, 0.29) is 17.7 Å². The van der Waals surface area contributed by atoms with E-state index in [0.717, 1.165) is 65.4 Å². The summed E-state index contributed by atoms with van der Waals surface area (Å²) in [5.41, 5.74) is 7.46. The molecular formula is C37H39N3O2. The molecule has 2 aliphatic heterocycles. The second-order valence-electron chi connectivity index (χ2n) is 12.6. The number of carbonyl (C=O) groups excluding carboxylic acids is 2. The van der Waals surface area contributed by atoms with Gasteiger partial charge < -0.3 is 5.32 Å². The number of Topliss-reactive ketones (excluding diaryl/α,β-unsaturated/α-hetero) is 1. The third kappa shape index (κ3) is 5.15. The molecule has 7 rings (SSSR count). The van der Waals surface area contributed by atoms with Gasteiger partial charge in [0.1, 0.15) is 0 Å². The summed E-state index contributed by atoms with van der Waals surface area (Å²) >= 11 is 0. The first kappa shape index (κ1) is 27.0. The smallest absolute Gasteiger partial charge is 0.252 e. The predicted molar refractivity (Wildman–Crippen MR) is 167 cm³/mol. The van der Waals surface area contributed by atoms with Gasteiger partial charge in [0.25, 0.3) is 5.91 Å². The number of carbonyl (C=O) groups is 2. The van der Waals surface area contributed by atoms with Crippen LogP contribution in [0.5, 0.6) is 0 Å². The lowest BCUT2D eigenvalue weighted by atomic mass is 9.84. The summed E-state index contributed by atoms with van der Waals surface area (Å²) in [5, 5.41) is 4.25. The number of nitrogens with one attached hydrogen (secondary N) is 1. The molecular weight excluding hydrogens is 518 g/mol. The largest absolute Gasteiger partial charge is 0.349 e. The summed E-state index contributed by atoms with van der Waals surface area (Å²) in [7, 11) is 0. The SMILES string of the molecule is Cc1ccc(C(=O)NC2CCC(CCN3C4CCC3c3cc(C(=O)Cc5ccccc5)ccc34)CC2)c2cccnc12. The lowest BCUT2D eigenvalue weighted by Crippen LogP contribution is -2.38. The molecule has 214 valence electrons. The molecule has 2 unspecified atom stereocenters. The van der Waals surface area contributed by atoms with Crippen molar-refractivity contribution in [3.05, 3.63) is 112 Å². The number of hydrogen-bond donors (Lipinski definition) is 1. The van der Waals surface area contributed by atoms with Crippen LogP contribution >= 0.6 is 0 Å². The average Bonchev–Trinajstić information content (AvgIpc) is 3.57. The number of pyridine rings is 1. The Bertz CT molecular complexity index is 1620. The van der Waals surface area contributed by atoms with Crippen molar-refractivity contribution < 1.29 is 9.59 Å². The van der Waals surface area contributed by atoms with E-state index in [1.54, 1.807) is 6.20 Å². The van der Waals surface area contributed by atoms with Crippen molar-refractivity contribution in [2.24, 2.45) is 5.92 Å². The molecule has 0 radical (unpaired) electrons. The monoisotopic (exact) mass is 557 g/mol. The quantitative estimate of drug-likeness (QED) is 0.227. The molecule has 1 aromatic heterocycles. The van der Waals surface area contributed by atoms with Gasteiger partial charge >= 0.3 is 0 Å². The number of nitrogens with zero attached hydrogens (tertiary/aromatic N) is 2. The van der Waals surface area contributed by atoms with Gasteiger partial charge in [-0.2, -0.15) is 0 Å². The molecule has 3 heterocycles. The number of amides is 1. The number of ketones is 1. The van der Waals surface area contributed by atoms with Crippen molar-refractivity contribution in [2.75, 3.05) is 6.54 Å². The van der Waals surface area contributed by atoms with Gasteiger partial charge in [-0.25, -0.2) is 0 Å². The van der Waals surface area contributed by atoms with Gasteiger partial charge in [-0.15, -0.1) is 0 Å². The van der Waals surface area contributed by atoms with E-state index in [9.17, 15) is 9.59 Å². The Morgan fingerprint density at radius 3 is 2.45 bits per heavy atom. The standard InChI is InChI=1S/C37H39N3O2/c1-24-9-15-31(30-8-5-20-38-36(24)30)37(42)39-28-13-10-25(11-14-28)19-21-40-33-17-18-34(40)32-23-27(12-16-29(32)33)35(41)22-26-6-3-2-4-7-26/h2-9,12,15-16,20,23,25,28,33-34H,10-11,13-14,17-19,21-22H2,1H3,(H,39,42). The number of hydrogen-bond acceptors (Lipinski definition) is 4. The Morgan fingerprint density at radius 2 is 1.64 bits per heavy atom. The second kappa shape index (κ2) is 11.4. The molecule has 0 spiro atoms. The topological polar surface area (TPSA) is 62.3 Å². The second-order valence-corrected chi connectivity index (χ2v) is 12.6. The Balaban J connectivity index is 0.928. The number of aryl methyl sites for hydroxylation is 1. The van der Waals surface area contributed by atoms with Crippen molar-refractivity contribution in [3.63, 3.8) is 0 Å². The van der Waals surface area contributed by atoms with Crippen molar-refractivity contribution in [3.8, 4) is 0 Å². The Hall–Kier alpha value is -3.83. The Labute approximate surface area is 248 Å². The summed E-state index contributed by atoms with van der Waals surface area (Å²) in [6.45, 7) is 3.15. The molecule has 1 saturated carbocycles. The lowest BCUT2D eigenvalue weighted by Gasteiger charge is -2.31. The summed E-state index contributed by atoms with van der Waals surface area (Å²) in [4.78, 5) is 33.4. The molecule has 1 aliphatic carbocycles. The predicted octanol–water partition coefficient (Wildman–Crippen LogP) is 7.54. The van der Waals surface area contributed by atoms with Gasteiger partial charge in [0.2, 0.25) is 0 Å². The summed E-state index contributed by atoms with van der Waals surface area (Å²) < 4.78 is 0. The highest BCUT2D eigenvalue weighted by molar-refractivity contribution is 6.07. The normalized spacial score (nSPS) is 23.2. The molecule has 3 aromatic carbocycles. The van der Waals surface area contributed by atoms with Crippen LogP contribution in [0.1, 0.15) is 100.0 Å². The van der Waals surface area contributed by atoms with Crippen molar-refractivity contribution in [1.82, 2.24) is 15.2 Å². The van der Waals surface area contributed by atoms with Crippen LogP contribution in [0.4, 0.5) is 0 Å². The zero-order valence-electron chi connectivity index (χ0n) is 24.4. The molecule has 4 aromatic rings. The molecule has 2 fully saturated rings. The van der Waals surface area contributed by atoms with E-state index in [0.29, 0.717) is 24.4 Å². The minimum absolute atomic E-state index is 0.0180. The van der Waals surface area contributed by atoms with E-state index >= 15 is 0 Å². The van der Waals surface area contributed by atoms with E-state index in [2.05, 4.69) is 33.4 Å². The molecule has 2 atom stereocenters. The van der Waals surface area contributed by atoms with Crippen LogP contribution in [0.25, 0.3) is 10.9 Å². The van der Waals surface area contributed by atoms with Crippen LogP contribution in [0.2, 0.25) is 0 Å². The first-order chi connectivity index (χ1) is 20.5. The van der Waals surface area contributed by atoms with Crippen LogP contribution in [-0.2, 0) is 6.42 Å². The highest BCUT2D eigenvalue weighted by atomic mass is 16.1. The van der Waals surface area contributed by atoms with E-state index < -0.39 is 0 Å². The van der Waals surface area contributed by atoms with Crippen molar-refractivity contribution in [2.45, 2.75) is 76.4 Å². The first-order valence-electron chi connectivity index (χ1n) is 15.7. The maximum absolute atomic E-state index is 13.2. The highest BCUT2D eigenvalue weighted by Crippen LogP contribution is 2.53. The number of benzene rings is 3. The van der Waals surface area contributed by atoms with Gasteiger partial charge in [0.05, 0.1) is 5.52 Å². The van der Waals surface area contributed by atoms with Crippen molar-refractivity contribution in [1.29, 1.82) is 0 Å². The summed E-state index contributed by atoms with van der Waals surface area (Å²) in [6, 6.07) is 25.5. The summed E-state index contributed by atoms with van der Waals surface area (Å²) in [5.74, 6) is 0.924. The third-order valence-electron chi connectivity index (χ3n) is 10.0. The maximum Gasteiger partial charge on any atom is 0.252 e. The summed E-state index contributed by atoms with van der Waals surface area (Å²) in [6.07, 6.45) is 10.3. The maximum atomic E-state index is 13.2. The number of rotatable bonds is 8. The fourth-order valence-corrected chi connectivity index (χ4v) is 7.77. The van der Waals surface area contributed by atoms with Crippen LogP contribution in [0, 0.1) is 12.8 Å². The van der Waals surface area contributed by atoms with Crippen LogP contribution < -0.4 is 5.32 Å². The van der Waals surface area contributed by atoms with Gasteiger partial charge in [0, 0.05) is 47.3 Å².